The predicted molar refractivity (Wildman–Crippen MR) is 78.0 cm³/mol. The van der Waals surface area contributed by atoms with Gasteiger partial charge in [0.1, 0.15) is 0 Å². The van der Waals surface area contributed by atoms with Crippen LogP contribution in [0.3, 0.4) is 0 Å². The lowest BCUT2D eigenvalue weighted by molar-refractivity contribution is 0.0697. The van der Waals surface area contributed by atoms with Gasteiger partial charge >= 0.3 is 5.97 Å². The van der Waals surface area contributed by atoms with E-state index in [2.05, 4.69) is 23.4 Å². The number of nitrogens with zero attached hydrogens (tertiary/aromatic N) is 2. The van der Waals surface area contributed by atoms with Crippen LogP contribution in [0.25, 0.3) is 11.0 Å². The van der Waals surface area contributed by atoms with E-state index in [1.807, 2.05) is 12.4 Å². The molecule has 4 heteroatoms. The number of fused-ring (bicyclic) bond motifs is 1. The van der Waals surface area contributed by atoms with Gasteiger partial charge in [-0.2, -0.15) is 0 Å². The maximum absolute atomic E-state index is 11.0. The topological polar surface area (TPSA) is 55.1 Å². The van der Waals surface area contributed by atoms with E-state index in [-0.39, 0.29) is 5.41 Å². The molecular formula is C16H20N2O2. The number of hydrogen-bond acceptors (Lipinski definition) is 2. The lowest BCUT2D eigenvalue weighted by Crippen LogP contribution is -2.30. The van der Waals surface area contributed by atoms with Crippen LogP contribution in [0.1, 0.15) is 55.9 Å². The second kappa shape index (κ2) is 4.62. The van der Waals surface area contributed by atoms with Crippen molar-refractivity contribution in [1.82, 2.24) is 9.55 Å². The summed E-state index contributed by atoms with van der Waals surface area (Å²) in [6.07, 6.45) is 6.80. The van der Waals surface area contributed by atoms with Crippen LogP contribution < -0.4 is 0 Å². The van der Waals surface area contributed by atoms with E-state index < -0.39 is 5.97 Å². The molecule has 0 aliphatic heterocycles. The molecule has 1 unspecified atom stereocenters. The zero-order valence-corrected chi connectivity index (χ0v) is 12.0. The first kappa shape index (κ1) is 13.2. The Bertz CT molecular complexity index is 658. The summed E-state index contributed by atoms with van der Waals surface area (Å²) in [7, 11) is 0. The summed E-state index contributed by atoms with van der Waals surface area (Å²) in [4.78, 5) is 15.4. The molecule has 20 heavy (non-hydrogen) atoms. The minimum atomic E-state index is -0.903. The van der Waals surface area contributed by atoms with E-state index in [1.165, 1.54) is 25.7 Å². The van der Waals surface area contributed by atoms with Crippen LogP contribution in [0.15, 0.2) is 24.5 Å². The SMILES string of the molecule is CC1(C)CCCCC1n1cnc2cc(C(=O)O)ccc21. The molecule has 2 aromatic rings. The van der Waals surface area contributed by atoms with Crippen LogP contribution in [0.4, 0.5) is 0 Å². The third kappa shape index (κ3) is 2.09. The summed E-state index contributed by atoms with van der Waals surface area (Å²) in [5, 5.41) is 9.05. The van der Waals surface area contributed by atoms with Gasteiger partial charge < -0.3 is 9.67 Å². The molecule has 0 spiro atoms. The Labute approximate surface area is 118 Å². The molecule has 1 N–H and O–H groups in total. The largest absolute Gasteiger partial charge is 0.478 e. The number of aromatic carboxylic acids is 1. The summed E-state index contributed by atoms with van der Waals surface area (Å²) in [6.45, 7) is 4.63. The van der Waals surface area contributed by atoms with Gasteiger partial charge in [-0.1, -0.05) is 26.7 Å². The van der Waals surface area contributed by atoms with Gasteiger partial charge in [-0.25, -0.2) is 9.78 Å². The summed E-state index contributed by atoms with van der Waals surface area (Å²) >= 11 is 0. The predicted octanol–water partition coefficient (Wildman–Crippen LogP) is 3.88. The Hall–Kier alpha value is -1.84. The van der Waals surface area contributed by atoms with Crippen molar-refractivity contribution in [3.63, 3.8) is 0 Å². The van der Waals surface area contributed by atoms with Gasteiger partial charge in [-0.05, 0) is 36.5 Å². The molecule has 4 nitrogen and oxygen atoms in total. The molecule has 1 fully saturated rings. The number of carboxylic acids is 1. The lowest BCUT2D eigenvalue weighted by Gasteiger charge is -2.39. The van der Waals surface area contributed by atoms with E-state index in [1.54, 1.807) is 12.1 Å². The van der Waals surface area contributed by atoms with E-state index in [4.69, 9.17) is 5.11 Å². The highest BCUT2D eigenvalue weighted by molar-refractivity contribution is 5.92. The van der Waals surface area contributed by atoms with Crippen molar-refractivity contribution in [2.24, 2.45) is 5.41 Å². The molecule has 1 aromatic heterocycles. The van der Waals surface area contributed by atoms with Crippen LogP contribution in [-0.4, -0.2) is 20.6 Å². The molecule has 0 bridgehead atoms. The molecule has 106 valence electrons. The molecule has 1 aliphatic rings. The van der Waals surface area contributed by atoms with Gasteiger partial charge in [0.25, 0.3) is 0 Å². The van der Waals surface area contributed by atoms with E-state index in [9.17, 15) is 4.79 Å². The van der Waals surface area contributed by atoms with Gasteiger partial charge in [-0.15, -0.1) is 0 Å². The second-order valence-electron chi connectivity index (χ2n) is 6.41. The first-order valence-corrected chi connectivity index (χ1v) is 7.19. The average Bonchev–Trinajstić information content (AvgIpc) is 2.81. The molecule has 3 rings (SSSR count). The maximum Gasteiger partial charge on any atom is 0.335 e. The monoisotopic (exact) mass is 272 g/mol. The van der Waals surface area contributed by atoms with Crippen LogP contribution in [-0.2, 0) is 0 Å². The minimum Gasteiger partial charge on any atom is -0.478 e. The van der Waals surface area contributed by atoms with Gasteiger partial charge in [0.2, 0.25) is 0 Å². The summed E-state index contributed by atoms with van der Waals surface area (Å²) in [5.41, 5.74) is 2.36. The summed E-state index contributed by atoms with van der Waals surface area (Å²) in [5.74, 6) is -0.903. The average molecular weight is 272 g/mol. The summed E-state index contributed by atoms with van der Waals surface area (Å²) in [6, 6.07) is 5.65. The van der Waals surface area contributed by atoms with Crippen molar-refractivity contribution in [3.8, 4) is 0 Å². The fourth-order valence-corrected chi connectivity index (χ4v) is 3.40. The molecule has 0 saturated heterocycles. The van der Waals surface area contributed by atoms with E-state index in [0.29, 0.717) is 11.6 Å². The van der Waals surface area contributed by atoms with Gasteiger partial charge in [0, 0.05) is 6.04 Å². The maximum atomic E-state index is 11.0. The zero-order valence-electron chi connectivity index (χ0n) is 12.0. The summed E-state index contributed by atoms with van der Waals surface area (Å²) < 4.78 is 2.24. The zero-order chi connectivity index (χ0) is 14.3. The molecule has 1 heterocycles. The van der Waals surface area contributed by atoms with Crippen molar-refractivity contribution in [3.05, 3.63) is 30.1 Å². The molecule has 0 amide bonds. The highest BCUT2D eigenvalue weighted by Crippen LogP contribution is 2.44. The van der Waals surface area contributed by atoms with Crippen molar-refractivity contribution < 1.29 is 9.90 Å². The fourth-order valence-electron chi connectivity index (χ4n) is 3.40. The van der Waals surface area contributed by atoms with Crippen molar-refractivity contribution in [2.45, 2.75) is 45.6 Å². The van der Waals surface area contributed by atoms with E-state index in [0.717, 1.165) is 11.0 Å². The normalized spacial score (nSPS) is 22.0. The molecule has 1 atom stereocenters. The van der Waals surface area contributed by atoms with Gasteiger partial charge in [0.05, 0.1) is 22.9 Å². The Morgan fingerprint density at radius 3 is 2.90 bits per heavy atom. The second-order valence-corrected chi connectivity index (χ2v) is 6.41. The van der Waals surface area contributed by atoms with Gasteiger partial charge in [-0.3, -0.25) is 0 Å². The molecule has 1 aromatic carbocycles. The minimum absolute atomic E-state index is 0.261. The van der Waals surface area contributed by atoms with Crippen LogP contribution in [0.2, 0.25) is 0 Å². The van der Waals surface area contributed by atoms with Crippen LogP contribution in [0.5, 0.6) is 0 Å². The standard InChI is InChI=1S/C16H20N2O2/c1-16(2)8-4-3-5-14(16)18-10-17-12-9-11(15(19)20)6-7-13(12)18/h6-7,9-10,14H,3-5,8H2,1-2H3,(H,19,20). The van der Waals surface area contributed by atoms with Crippen molar-refractivity contribution in [2.75, 3.05) is 0 Å². The first-order valence-electron chi connectivity index (χ1n) is 7.19. The number of hydrogen-bond donors (Lipinski definition) is 1. The van der Waals surface area contributed by atoms with E-state index >= 15 is 0 Å². The van der Waals surface area contributed by atoms with Gasteiger partial charge in [0.15, 0.2) is 0 Å². The third-order valence-corrected chi connectivity index (χ3v) is 4.61. The Kier molecular flexibility index (Phi) is 3.04. The Morgan fingerprint density at radius 2 is 2.20 bits per heavy atom. The number of aromatic nitrogens is 2. The first-order chi connectivity index (χ1) is 9.49. The number of carbonyl (C=O) groups is 1. The van der Waals surface area contributed by atoms with Crippen molar-refractivity contribution >= 4 is 17.0 Å². The molecule has 0 radical (unpaired) electrons. The molecule has 1 aliphatic carbocycles. The number of benzene rings is 1. The Balaban J connectivity index is 2.06. The number of imidazole rings is 1. The fraction of sp³-hybridized carbons (Fsp3) is 0.500. The number of rotatable bonds is 2. The number of carboxylic acid groups (broad SMARTS) is 1. The third-order valence-electron chi connectivity index (χ3n) is 4.61. The highest BCUT2D eigenvalue weighted by Gasteiger charge is 2.34. The lowest BCUT2D eigenvalue weighted by atomic mass is 9.73. The molecule has 1 saturated carbocycles. The smallest absolute Gasteiger partial charge is 0.335 e. The quantitative estimate of drug-likeness (QED) is 0.902. The van der Waals surface area contributed by atoms with Crippen molar-refractivity contribution in [1.29, 1.82) is 0 Å². The highest BCUT2D eigenvalue weighted by atomic mass is 16.4. The van der Waals surface area contributed by atoms with Crippen LogP contribution >= 0.6 is 0 Å². The molecular weight excluding hydrogens is 252 g/mol. The van der Waals surface area contributed by atoms with Crippen LogP contribution in [0, 0.1) is 5.41 Å². The Morgan fingerprint density at radius 1 is 1.40 bits per heavy atom.